The Balaban J connectivity index is 2.48. The third-order valence-electron chi connectivity index (χ3n) is 2.68. The summed E-state index contributed by atoms with van der Waals surface area (Å²) in [5.41, 5.74) is 1.19. The average molecular weight is 267 g/mol. The highest BCUT2D eigenvalue weighted by atomic mass is 35.5. The van der Waals surface area contributed by atoms with Crippen molar-refractivity contribution in [1.82, 2.24) is 4.90 Å². The number of rotatable bonds is 7. The molecule has 3 nitrogen and oxygen atoms in total. The second-order valence-electron chi connectivity index (χ2n) is 4.16. The second kappa shape index (κ2) is 7.97. The van der Waals surface area contributed by atoms with E-state index >= 15 is 0 Å². The molecule has 0 aliphatic carbocycles. The van der Waals surface area contributed by atoms with Crippen LogP contribution in [0, 0.1) is 11.3 Å². The van der Waals surface area contributed by atoms with Crippen LogP contribution in [0.15, 0.2) is 18.2 Å². The molecule has 0 atom stereocenters. The van der Waals surface area contributed by atoms with Gasteiger partial charge in [-0.25, -0.2) is 0 Å². The fourth-order valence-corrected chi connectivity index (χ4v) is 1.90. The predicted molar refractivity (Wildman–Crippen MR) is 74.1 cm³/mol. The highest BCUT2D eigenvalue weighted by molar-refractivity contribution is 6.32. The van der Waals surface area contributed by atoms with E-state index in [1.54, 1.807) is 0 Å². The van der Waals surface area contributed by atoms with Gasteiger partial charge in [0.1, 0.15) is 5.75 Å². The monoisotopic (exact) mass is 266 g/mol. The summed E-state index contributed by atoms with van der Waals surface area (Å²) in [4.78, 5) is 2.15. The molecule has 0 aliphatic rings. The Morgan fingerprint density at radius 3 is 2.78 bits per heavy atom. The molecule has 0 bridgehead atoms. The van der Waals surface area contributed by atoms with Crippen LogP contribution in [-0.2, 0) is 6.42 Å². The maximum absolute atomic E-state index is 8.51. The molecule has 0 radical (unpaired) electrons. The molecule has 0 amide bonds. The van der Waals surface area contributed by atoms with Gasteiger partial charge in [-0.15, -0.1) is 0 Å². The van der Waals surface area contributed by atoms with Crippen LogP contribution in [0.4, 0.5) is 0 Å². The minimum Gasteiger partial charge on any atom is -0.492 e. The van der Waals surface area contributed by atoms with E-state index in [-0.39, 0.29) is 0 Å². The van der Waals surface area contributed by atoms with Crippen LogP contribution >= 0.6 is 11.6 Å². The summed E-state index contributed by atoms with van der Waals surface area (Å²) in [7, 11) is 2.02. The molecule has 0 saturated carbocycles. The van der Waals surface area contributed by atoms with Crippen molar-refractivity contribution in [3.8, 4) is 11.8 Å². The Hall–Kier alpha value is -1.24. The third kappa shape index (κ3) is 4.95. The molecule has 0 heterocycles. The molecule has 18 heavy (non-hydrogen) atoms. The molecule has 0 unspecified atom stereocenters. The Bertz CT molecular complexity index is 415. The lowest BCUT2D eigenvalue weighted by molar-refractivity contribution is 0.339. The van der Waals surface area contributed by atoms with Crippen LogP contribution in [0.3, 0.4) is 0 Å². The first-order valence-corrected chi connectivity index (χ1v) is 6.52. The predicted octanol–water partition coefficient (Wildman–Crippen LogP) is 3.13. The van der Waals surface area contributed by atoms with Crippen molar-refractivity contribution >= 4 is 11.6 Å². The van der Waals surface area contributed by atoms with Gasteiger partial charge in [-0.1, -0.05) is 17.7 Å². The van der Waals surface area contributed by atoms with Gasteiger partial charge in [0.15, 0.2) is 0 Å². The highest BCUT2D eigenvalue weighted by Gasteiger charge is 2.04. The van der Waals surface area contributed by atoms with Gasteiger partial charge in [-0.3, -0.25) is 0 Å². The van der Waals surface area contributed by atoms with Crippen molar-refractivity contribution in [1.29, 1.82) is 5.26 Å². The molecule has 1 aromatic carbocycles. The summed E-state index contributed by atoms with van der Waals surface area (Å²) in [5.74, 6) is 0.737. The minimum atomic E-state index is 0.570. The van der Waals surface area contributed by atoms with E-state index in [0.29, 0.717) is 18.1 Å². The lowest BCUT2D eigenvalue weighted by atomic mass is 10.1. The number of hydrogen-bond acceptors (Lipinski definition) is 3. The Morgan fingerprint density at radius 2 is 2.17 bits per heavy atom. The number of nitrogens with zero attached hydrogens (tertiary/aromatic N) is 2. The van der Waals surface area contributed by atoms with Gasteiger partial charge in [0.2, 0.25) is 0 Å². The first-order chi connectivity index (χ1) is 8.67. The lowest BCUT2D eigenvalue weighted by Crippen LogP contribution is -2.22. The van der Waals surface area contributed by atoms with Crippen molar-refractivity contribution in [2.45, 2.75) is 19.8 Å². The normalized spacial score (nSPS) is 10.4. The molecular formula is C14H19ClN2O. The quantitative estimate of drug-likeness (QED) is 0.761. The summed E-state index contributed by atoms with van der Waals surface area (Å²) < 4.78 is 5.39. The molecule has 1 aromatic rings. The summed E-state index contributed by atoms with van der Waals surface area (Å²) >= 11 is 6.13. The maximum Gasteiger partial charge on any atom is 0.137 e. The molecule has 0 saturated heterocycles. The number of benzene rings is 1. The zero-order valence-electron chi connectivity index (χ0n) is 10.9. The maximum atomic E-state index is 8.51. The summed E-state index contributed by atoms with van der Waals surface area (Å²) in [5, 5.41) is 9.17. The van der Waals surface area contributed by atoms with Gasteiger partial charge in [0.25, 0.3) is 0 Å². The largest absolute Gasteiger partial charge is 0.492 e. The van der Waals surface area contributed by atoms with Gasteiger partial charge in [0, 0.05) is 19.5 Å². The summed E-state index contributed by atoms with van der Waals surface area (Å²) in [6.45, 7) is 4.29. The van der Waals surface area contributed by atoms with E-state index in [9.17, 15) is 0 Å². The van der Waals surface area contributed by atoms with Crippen LogP contribution in [0.5, 0.6) is 5.75 Å². The van der Waals surface area contributed by atoms with E-state index in [1.807, 2.05) is 32.2 Å². The van der Waals surface area contributed by atoms with Crippen LogP contribution in [0.2, 0.25) is 5.02 Å². The molecule has 1 rings (SSSR count). The van der Waals surface area contributed by atoms with Crippen molar-refractivity contribution in [3.05, 3.63) is 28.8 Å². The second-order valence-corrected chi connectivity index (χ2v) is 4.57. The SMILES string of the molecule is CCOc1ccc(CCN(C)CCC#N)cc1Cl. The van der Waals surface area contributed by atoms with Crippen molar-refractivity contribution < 1.29 is 4.74 Å². The van der Waals surface area contributed by atoms with E-state index < -0.39 is 0 Å². The standard InChI is InChI=1S/C14H19ClN2O/c1-3-18-14-6-5-12(11-13(14)15)7-10-17(2)9-4-8-16/h5-6,11H,3-4,7,9-10H2,1-2H3. The molecule has 0 aliphatic heterocycles. The van der Waals surface area contributed by atoms with E-state index in [0.717, 1.165) is 25.3 Å². The van der Waals surface area contributed by atoms with Gasteiger partial charge in [-0.05, 0) is 38.1 Å². The Labute approximate surface area is 114 Å². The minimum absolute atomic E-state index is 0.570. The number of hydrogen-bond donors (Lipinski definition) is 0. The van der Waals surface area contributed by atoms with Crippen LogP contribution < -0.4 is 4.74 Å². The van der Waals surface area contributed by atoms with E-state index in [1.165, 1.54) is 5.56 Å². The van der Waals surface area contributed by atoms with Crippen molar-refractivity contribution in [2.24, 2.45) is 0 Å². The van der Waals surface area contributed by atoms with Gasteiger partial charge >= 0.3 is 0 Å². The molecule has 4 heteroatoms. The number of nitriles is 1. The molecule has 0 fully saturated rings. The molecule has 0 aromatic heterocycles. The third-order valence-corrected chi connectivity index (χ3v) is 2.98. The van der Waals surface area contributed by atoms with Crippen LogP contribution in [0.1, 0.15) is 18.9 Å². The summed E-state index contributed by atoms with van der Waals surface area (Å²) in [6, 6.07) is 8.05. The fourth-order valence-electron chi connectivity index (χ4n) is 1.65. The Kier molecular flexibility index (Phi) is 6.56. The number of halogens is 1. The number of likely N-dealkylation sites (N-methyl/N-ethyl adjacent to an activating group) is 1. The molecule has 0 N–H and O–H groups in total. The fraction of sp³-hybridized carbons (Fsp3) is 0.500. The molecular weight excluding hydrogens is 248 g/mol. The molecule has 0 spiro atoms. The zero-order chi connectivity index (χ0) is 13.4. The van der Waals surface area contributed by atoms with Crippen molar-refractivity contribution in [3.63, 3.8) is 0 Å². The zero-order valence-corrected chi connectivity index (χ0v) is 11.7. The number of ether oxygens (including phenoxy) is 1. The van der Waals surface area contributed by atoms with Gasteiger partial charge in [-0.2, -0.15) is 5.26 Å². The first-order valence-electron chi connectivity index (χ1n) is 6.14. The average Bonchev–Trinajstić information content (AvgIpc) is 2.37. The smallest absolute Gasteiger partial charge is 0.137 e. The first kappa shape index (κ1) is 14.8. The molecule has 98 valence electrons. The van der Waals surface area contributed by atoms with E-state index in [4.69, 9.17) is 21.6 Å². The van der Waals surface area contributed by atoms with Crippen LogP contribution in [0.25, 0.3) is 0 Å². The van der Waals surface area contributed by atoms with E-state index in [2.05, 4.69) is 11.0 Å². The van der Waals surface area contributed by atoms with Crippen LogP contribution in [-0.4, -0.2) is 31.6 Å². The van der Waals surface area contributed by atoms with Gasteiger partial charge in [0.05, 0.1) is 17.7 Å². The van der Waals surface area contributed by atoms with Crippen molar-refractivity contribution in [2.75, 3.05) is 26.7 Å². The Morgan fingerprint density at radius 1 is 1.39 bits per heavy atom. The highest BCUT2D eigenvalue weighted by Crippen LogP contribution is 2.25. The van der Waals surface area contributed by atoms with Gasteiger partial charge < -0.3 is 9.64 Å². The summed E-state index contributed by atoms with van der Waals surface area (Å²) in [6.07, 6.45) is 1.49. The lowest BCUT2D eigenvalue weighted by Gasteiger charge is -2.15. The topological polar surface area (TPSA) is 36.3 Å².